The van der Waals surface area contributed by atoms with E-state index in [0.717, 1.165) is 36.5 Å². The molecule has 3 aromatic rings. The molecule has 3 aromatic heterocycles. The monoisotopic (exact) mass is 399 g/mol. The molecule has 4 rings (SSSR count). The van der Waals surface area contributed by atoms with E-state index in [-0.39, 0.29) is 36.0 Å². The summed E-state index contributed by atoms with van der Waals surface area (Å²) < 4.78 is 3.56. The molecular weight excluding hydrogens is 370 g/mol. The van der Waals surface area contributed by atoms with Crippen molar-refractivity contribution >= 4 is 22.5 Å². The molecule has 156 valence electrons. The van der Waals surface area contributed by atoms with E-state index in [1.807, 2.05) is 30.9 Å². The number of aryl methyl sites for hydroxylation is 1. The fourth-order valence-electron chi connectivity index (χ4n) is 4.16. The Morgan fingerprint density at radius 1 is 1.38 bits per heavy atom. The third-order valence-electron chi connectivity index (χ3n) is 6.20. The van der Waals surface area contributed by atoms with Crippen molar-refractivity contribution in [2.45, 2.75) is 45.7 Å². The number of aliphatic hydroxyl groups is 1. The van der Waals surface area contributed by atoms with Crippen molar-refractivity contribution in [2.24, 2.45) is 13.0 Å². The fourth-order valence-corrected chi connectivity index (χ4v) is 4.16. The van der Waals surface area contributed by atoms with E-state index in [4.69, 9.17) is 10.8 Å². The van der Waals surface area contributed by atoms with Crippen molar-refractivity contribution in [1.29, 1.82) is 0 Å². The molecule has 9 heteroatoms. The Labute approximate surface area is 169 Å². The van der Waals surface area contributed by atoms with Crippen molar-refractivity contribution in [3.63, 3.8) is 0 Å². The van der Waals surface area contributed by atoms with Crippen molar-refractivity contribution in [3.8, 4) is 11.3 Å². The molecule has 0 radical (unpaired) electrons. The molecule has 0 saturated carbocycles. The maximum Gasteiger partial charge on any atom is 0.264 e. The van der Waals surface area contributed by atoms with E-state index in [9.17, 15) is 9.90 Å². The average Bonchev–Trinajstić information content (AvgIpc) is 3.40. The lowest BCUT2D eigenvalue weighted by atomic mass is 10.0. The Balaban J connectivity index is 1.90. The van der Waals surface area contributed by atoms with Crippen LogP contribution in [0.1, 0.15) is 39.7 Å². The first-order chi connectivity index (χ1) is 13.8. The third kappa shape index (κ3) is 3.09. The van der Waals surface area contributed by atoms with Gasteiger partial charge in [0, 0.05) is 37.5 Å². The first-order valence-electron chi connectivity index (χ1n) is 10.1. The number of nitrogens with two attached hydrogens (primary N) is 1. The lowest BCUT2D eigenvalue weighted by Gasteiger charge is -2.24. The van der Waals surface area contributed by atoms with Gasteiger partial charge in [-0.25, -0.2) is 0 Å². The molecule has 1 aliphatic heterocycles. The second-order valence-corrected chi connectivity index (χ2v) is 8.28. The number of nitrogens with zero attached hydrogens (tertiary/aromatic N) is 5. The lowest BCUT2D eigenvalue weighted by molar-refractivity contribution is 0.265. The summed E-state index contributed by atoms with van der Waals surface area (Å²) in [6, 6.07) is 2.12. The molecule has 4 heterocycles. The van der Waals surface area contributed by atoms with Gasteiger partial charge in [0.25, 0.3) is 5.56 Å². The smallest absolute Gasteiger partial charge is 0.264 e. The topological polar surface area (TPSA) is 118 Å². The zero-order valence-corrected chi connectivity index (χ0v) is 17.4. The van der Waals surface area contributed by atoms with Crippen LogP contribution in [0.2, 0.25) is 0 Å². The summed E-state index contributed by atoms with van der Waals surface area (Å²) in [4.78, 5) is 15.3. The Bertz CT molecular complexity index is 1090. The predicted octanol–water partition coefficient (Wildman–Crippen LogP) is 1.89. The Hall–Kier alpha value is -2.81. The molecule has 1 fully saturated rings. The molecule has 0 aliphatic carbocycles. The number of aromatic nitrogens is 5. The molecule has 0 unspecified atom stereocenters. The van der Waals surface area contributed by atoms with Crippen molar-refractivity contribution in [3.05, 3.63) is 22.6 Å². The normalized spacial score (nSPS) is 18.3. The number of hydrogen-bond donors (Lipinski definition) is 3. The van der Waals surface area contributed by atoms with Crippen LogP contribution in [0.25, 0.3) is 22.2 Å². The van der Waals surface area contributed by atoms with Crippen LogP contribution in [0.15, 0.2) is 17.1 Å². The van der Waals surface area contributed by atoms with Gasteiger partial charge < -0.3 is 20.3 Å². The molecule has 0 amide bonds. The minimum atomic E-state index is -0.146. The molecule has 29 heavy (non-hydrogen) atoms. The van der Waals surface area contributed by atoms with Gasteiger partial charge in [-0.2, -0.15) is 10.2 Å². The number of nitrogen functional groups attached to an aromatic ring is 1. The number of aromatic amines is 1. The van der Waals surface area contributed by atoms with E-state index in [0.29, 0.717) is 10.9 Å². The van der Waals surface area contributed by atoms with Gasteiger partial charge in [0.05, 0.1) is 23.9 Å². The van der Waals surface area contributed by atoms with Crippen LogP contribution in [-0.2, 0) is 7.05 Å². The predicted molar refractivity (Wildman–Crippen MR) is 114 cm³/mol. The second-order valence-electron chi connectivity index (χ2n) is 8.28. The molecule has 2 atom stereocenters. The van der Waals surface area contributed by atoms with E-state index < -0.39 is 0 Å². The van der Waals surface area contributed by atoms with Gasteiger partial charge in [-0.05, 0) is 25.7 Å². The summed E-state index contributed by atoms with van der Waals surface area (Å²) in [6.07, 6.45) is 3.87. The fraction of sp³-hybridized carbons (Fsp3) is 0.550. The standard InChI is InChI=1S/C20H29N7O2/c1-11(2)12(3)27-9-14(18-17(20(27)29)19(21)23-22-18)15-8-16(25(4)24-15)26-7-5-6-13(26)10-28/h8-9,11-13,28H,5-7,10H2,1-4H3,(H3,21,22,23)/t12-,13-/m0/s1. The highest BCUT2D eigenvalue weighted by Gasteiger charge is 2.28. The summed E-state index contributed by atoms with van der Waals surface area (Å²) in [7, 11) is 1.90. The zero-order valence-electron chi connectivity index (χ0n) is 17.4. The van der Waals surface area contributed by atoms with E-state index in [2.05, 4.69) is 28.9 Å². The van der Waals surface area contributed by atoms with Crippen LogP contribution in [0.5, 0.6) is 0 Å². The van der Waals surface area contributed by atoms with Crippen LogP contribution in [0.4, 0.5) is 11.6 Å². The molecule has 1 aliphatic rings. The maximum atomic E-state index is 13.1. The van der Waals surface area contributed by atoms with Crippen LogP contribution in [0.3, 0.4) is 0 Å². The number of hydrogen-bond acceptors (Lipinski definition) is 6. The highest BCUT2D eigenvalue weighted by molar-refractivity contribution is 5.97. The Morgan fingerprint density at radius 3 is 2.83 bits per heavy atom. The second kappa shape index (κ2) is 7.22. The number of anilines is 2. The SMILES string of the molecule is CC(C)[C@H](C)n1cc(-c2cc(N3CCC[C@H]3CO)n(C)n2)c2[nH]nc(N)c2c1=O. The first kappa shape index (κ1) is 19.5. The van der Waals surface area contributed by atoms with Gasteiger partial charge in [0.15, 0.2) is 5.82 Å². The molecule has 9 nitrogen and oxygen atoms in total. The number of pyridine rings is 1. The number of H-pyrrole nitrogens is 1. The zero-order chi connectivity index (χ0) is 20.9. The van der Waals surface area contributed by atoms with Crippen molar-refractivity contribution < 1.29 is 5.11 Å². The van der Waals surface area contributed by atoms with E-state index >= 15 is 0 Å². The Morgan fingerprint density at radius 2 is 2.14 bits per heavy atom. The van der Waals surface area contributed by atoms with Crippen molar-refractivity contribution in [2.75, 3.05) is 23.8 Å². The first-order valence-corrected chi connectivity index (χ1v) is 10.1. The molecule has 4 N–H and O–H groups in total. The summed E-state index contributed by atoms with van der Waals surface area (Å²) in [5.41, 5.74) is 8.01. The number of aliphatic hydroxyl groups excluding tert-OH is 1. The Kier molecular flexibility index (Phi) is 4.85. The molecule has 0 spiro atoms. The third-order valence-corrected chi connectivity index (χ3v) is 6.20. The summed E-state index contributed by atoms with van der Waals surface area (Å²) in [5.74, 6) is 1.43. The van der Waals surface area contributed by atoms with Gasteiger partial charge in [-0.15, -0.1) is 0 Å². The van der Waals surface area contributed by atoms with E-state index in [1.165, 1.54) is 0 Å². The van der Waals surface area contributed by atoms with Gasteiger partial charge in [0.1, 0.15) is 11.2 Å². The molecule has 1 saturated heterocycles. The largest absolute Gasteiger partial charge is 0.394 e. The summed E-state index contributed by atoms with van der Waals surface area (Å²) >= 11 is 0. The lowest BCUT2D eigenvalue weighted by Crippen LogP contribution is -2.33. The van der Waals surface area contributed by atoms with Gasteiger partial charge in [-0.1, -0.05) is 13.8 Å². The minimum absolute atomic E-state index is 0.000448. The van der Waals surface area contributed by atoms with E-state index in [1.54, 1.807) is 4.57 Å². The average molecular weight is 399 g/mol. The summed E-state index contributed by atoms with van der Waals surface area (Å²) in [6.45, 7) is 7.21. The number of rotatable bonds is 5. The molecular formula is C20H29N7O2. The quantitative estimate of drug-likeness (QED) is 0.603. The van der Waals surface area contributed by atoms with Gasteiger partial charge >= 0.3 is 0 Å². The summed E-state index contributed by atoms with van der Waals surface area (Å²) in [5, 5.41) is 21.8. The van der Waals surface area contributed by atoms with Crippen LogP contribution >= 0.6 is 0 Å². The number of fused-ring (bicyclic) bond motifs is 1. The highest BCUT2D eigenvalue weighted by atomic mass is 16.3. The van der Waals surface area contributed by atoms with Crippen LogP contribution < -0.4 is 16.2 Å². The van der Waals surface area contributed by atoms with Crippen molar-refractivity contribution in [1.82, 2.24) is 24.5 Å². The van der Waals surface area contributed by atoms with Gasteiger partial charge in [-0.3, -0.25) is 14.6 Å². The minimum Gasteiger partial charge on any atom is -0.394 e. The molecule has 0 bridgehead atoms. The maximum absolute atomic E-state index is 13.1. The van der Waals surface area contributed by atoms with Gasteiger partial charge in [0.2, 0.25) is 0 Å². The highest BCUT2D eigenvalue weighted by Crippen LogP contribution is 2.33. The number of nitrogens with one attached hydrogen (secondary N) is 1. The van der Waals surface area contributed by atoms with Crippen LogP contribution in [0, 0.1) is 5.92 Å². The van der Waals surface area contributed by atoms with Crippen LogP contribution in [-0.4, -0.2) is 48.8 Å². The molecule has 0 aromatic carbocycles.